The predicted octanol–water partition coefficient (Wildman–Crippen LogP) is 3.29. The molecule has 8 heteroatoms. The van der Waals surface area contributed by atoms with Crippen molar-refractivity contribution in [1.82, 2.24) is 0 Å². The van der Waals surface area contributed by atoms with Crippen LogP contribution in [0.2, 0.25) is 5.02 Å². The highest BCUT2D eigenvalue weighted by molar-refractivity contribution is 6.31. The van der Waals surface area contributed by atoms with Gasteiger partial charge in [-0.2, -0.15) is 5.26 Å². The fraction of sp³-hybridized carbons (Fsp3) is 0.167. The number of halogens is 2. The minimum atomic E-state index is -0.919. The molecule has 134 valence electrons. The summed E-state index contributed by atoms with van der Waals surface area (Å²) in [5.41, 5.74) is 0.198. The summed E-state index contributed by atoms with van der Waals surface area (Å²) in [6.45, 7) is -0.561. The molecule has 1 amide bonds. The number of carbonyl (C=O) groups excluding carboxylic acids is 2. The van der Waals surface area contributed by atoms with E-state index in [-0.39, 0.29) is 29.3 Å². The molecule has 0 aliphatic carbocycles. The number of anilines is 1. The number of rotatable bonds is 6. The normalized spacial score (nSPS) is 10.0. The Hall–Kier alpha value is -3.11. The maximum atomic E-state index is 13.1. The number of phenolic OH excluding ortho intramolecular Hbond substituents is 1. The minimum absolute atomic E-state index is 0.0478. The molecule has 1 N–H and O–H groups in total. The molecule has 0 aliphatic heterocycles. The summed E-state index contributed by atoms with van der Waals surface area (Å²) < 4.78 is 18.0. The first-order chi connectivity index (χ1) is 12.4. The highest BCUT2D eigenvalue weighted by Crippen LogP contribution is 2.22. The van der Waals surface area contributed by atoms with Gasteiger partial charge in [-0.15, -0.1) is 0 Å². The molecule has 0 unspecified atom stereocenters. The number of ether oxygens (including phenoxy) is 1. The summed E-state index contributed by atoms with van der Waals surface area (Å²) in [5, 5.41) is 18.6. The van der Waals surface area contributed by atoms with E-state index in [1.165, 1.54) is 47.4 Å². The maximum absolute atomic E-state index is 13.1. The highest BCUT2D eigenvalue weighted by atomic mass is 35.5. The molecule has 0 fully saturated rings. The van der Waals surface area contributed by atoms with E-state index in [9.17, 15) is 19.1 Å². The third kappa shape index (κ3) is 4.94. The van der Waals surface area contributed by atoms with E-state index in [0.717, 1.165) is 0 Å². The Bertz CT molecular complexity index is 849. The van der Waals surface area contributed by atoms with Gasteiger partial charge < -0.3 is 14.7 Å². The van der Waals surface area contributed by atoms with Crippen molar-refractivity contribution in [3.8, 4) is 11.8 Å². The van der Waals surface area contributed by atoms with E-state index in [0.29, 0.717) is 5.69 Å². The Morgan fingerprint density at radius 1 is 1.23 bits per heavy atom. The molecule has 0 atom stereocenters. The van der Waals surface area contributed by atoms with Crippen LogP contribution in [-0.2, 0) is 9.53 Å². The maximum Gasteiger partial charge on any atom is 0.342 e. The Labute approximate surface area is 154 Å². The molecular weight excluding hydrogens is 363 g/mol. The number of nitriles is 1. The molecule has 2 aromatic carbocycles. The van der Waals surface area contributed by atoms with Crippen LogP contribution in [0.1, 0.15) is 16.8 Å². The predicted molar refractivity (Wildman–Crippen MR) is 92.4 cm³/mol. The lowest BCUT2D eigenvalue weighted by Crippen LogP contribution is -2.35. The van der Waals surface area contributed by atoms with Gasteiger partial charge >= 0.3 is 5.97 Å². The lowest BCUT2D eigenvalue weighted by Gasteiger charge is -2.21. The number of hydrogen-bond donors (Lipinski definition) is 1. The number of phenols is 1. The van der Waals surface area contributed by atoms with Crippen LogP contribution in [0.15, 0.2) is 42.5 Å². The Balaban J connectivity index is 2.09. The fourth-order valence-corrected chi connectivity index (χ4v) is 2.31. The third-order valence-electron chi connectivity index (χ3n) is 3.39. The summed E-state index contributed by atoms with van der Waals surface area (Å²) in [6, 6.07) is 10.9. The van der Waals surface area contributed by atoms with Crippen molar-refractivity contribution >= 4 is 29.2 Å². The van der Waals surface area contributed by atoms with Crippen LogP contribution in [0, 0.1) is 17.1 Å². The number of carbonyl (C=O) groups is 2. The zero-order valence-electron chi connectivity index (χ0n) is 13.5. The SMILES string of the molecule is N#CCCN(C(=O)COC(=O)c1cc(Cl)ccc1O)c1ccc(F)cc1. The van der Waals surface area contributed by atoms with Crippen molar-refractivity contribution in [3.63, 3.8) is 0 Å². The zero-order chi connectivity index (χ0) is 19.1. The quantitative estimate of drug-likeness (QED) is 0.781. The van der Waals surface area contributed by atoms with Crippen LogP contribution in [0.25, 0.3) is 0 Å². The smallest absolute Gasteiger partial charge is 0.342 e. The Morgan fingerprint density at radius 2 is 1.92 bits per heavy atom. The summed E-state index contributed by atoms with van der Waals surface area (Å²) >= 11 is 5.77. The summed E-state index contributed by atoms with van der Waals surface area (Å²) in [4.78, 5) is 25.6. The summed E-state index contributed by atoms with van der Waals surface area (Å²) in [5.74, 6) is -2.31. The second-order valence-corrected chi connectivity index (χ2v) is 5.60. The first-order valence-corrected chi connectivity index (χ1v) is 7.88. The molecule has 0 radical (unpaired) electrons. The van der Waals surface area contributed by atoms with Gasteiger partial charge in [0.2, 0.25) is 0 Å². The Morgan fingerprint density at radius 3 is 2.58 bits per heavy atom. The number of hydrogen-bond acceptors (Lipinski definition) is 5. The topological polar surface area (TPSA) is 90.6 Å². The molecular formula is C18H14ClFN2O4. The van der Waals surface area contributed by atoms with Crippen LogP contribution in [0.5, 0.6) is 5.75 Å². The second-order valence-electron chi connectivity index (χ2n) is 5.17. The molecule has 0 spiro atoms. The number of benzene rings is 2. The molecule has 0 aromatic heterocycles. The fourth-order valence-electron chi connectivity index (χ4n) is 2.14. The molecule has 2 aromatic rings. The van der Waals surface area contributed by atoms with Gasteiger partial charge in [-0.05, 0) is 42.5 Å². The van der Waals surface area contributed by atoms with Crippen LogP contribution in [-0.4, -0.2) is 30.1 Å². The molecule has 0 saturated heterocycles. The molecule has 0 aliphatic rings. The monoisotopic (exact) mass is 376 g/mol. The van der Waals surface area contributed by atoms with E-state index in [4.69, 9.17) is 21.6 Å². The summed E-state index contributed by atoms with van der Waals surface area (Å²) in [6.07, 6.45) is 0.0478. The van der Waals surface area contributed by atoms with E-state index in [1.54, 1.807) is 0 Å². The van der Waals surface area contributed by atoms with Gasteiger partial charge in [-0.1, -0.05) is 11.6 Å². The van der Waals surface area contributed by atoms with Crippen LogP contribution in [0.4, 0.5) is 10.1 Å². The standard InChI is InChI=1S/C18H14ClFN2O4/c19-12-2-7-16(23)15(10-12)18(25)26-11-17(24)22(9-1-8-21)14-5-3-13(20)4-6-14/h2-7,10,23H,1,9,11H2. The molecule has 0 heterocycles. The first kappa shape index (κ1) is 19.2. The van der Waals surface area contributed by atoms with E-state index < -0.39 is 24.3 Å². The van der Waals surface area contributed by atoms with E-state index in [1.807, 2.05) is 6.07 Å². The Kier molecular flexibility index (Phi) is 6.53. The van der Waals surface area contributed by atoms with Crippen molar-refractivity contribution in [1.29, 1.82) is 5.26 Å². The third-order valence-corrected chi connectivity index (χ3v) is 3.63. The molecule has 6 nitrogen and oxygen atoms in total. The van der Waals surface area contributed by atoms with Crippen molar-refractivity contribution in [2.24, 2.45) is 0 Å². The first-order valence-electron chi connectivity index (χ1n) is 7.51. The summed E-state index contributed by atoms with van der Waals surface area (Å²) in [7, 11) is 0. The number of aromatic hydroxyl groups is 1. The largest absolute Gasteiger partial charge is 0.507 e. The van der Waals surface area contributed by atoms with Crippen molar-refractivity contribution in [3.05, 3.63) is 58.9 Å². The van der Waals surface area contributed by atoms with Crippen LogP contribution >= 0.6 is 11.6 Å². The zero-order valence-corrected chi connectivity index (χ0v) is 14.2. The average molecular weight is 377 g/mol. The van der Waals surface area contributed by atoms with Crippen molar-refractivity contribution in [2.75, 3.05) is 18.1 Å². The molecule has 26 heavy (non-hydrogen) atoms. The second kappa shape index (κ2) is 8.83. The van der Waals surface area contributed by atoms with Gasteiger partial charge in [0.1, 0.15) is 17.1 Å². The van der Waals surface area contributed by atoms with Crippen molar-refractivity contribution < 1.29 is 23.8 Å². The number of nitrogens with zero attached hydrogens (tertiary/aromatic N) is 2. The minimum Gasteiger partial charge on any atom is -0.507 e. The molecule has 0 saturated carbocycles. The molecule has 2 rings (SSSR count). The van der Waals surface area contributed by atoms with Crippen LogP contribution < -0.4 is 4.90 Å². The van der Waals surface area contributed by atoms with E-state index in [2.05, 4.69) is 0 Å². The van der Waals surface area contributed by atoms with E-state index >= 15 is 0 Å². The van der Waals surface area contributed by atoms with Gasteiger partial charge in [0.25, 0.3) is 5.91 Å². The van der Waals surface area contributed by atoms with Gasteiger partial charge in [0.05, 0.1) is 12.5 Å². The highest BCUT2D eigenvalue weighted by Gasteiger charge is 2.20. The van der Waals surface area contributed by atoms with Gasteiger partial charge in [-0.25, -0.2) is 9.18 Å². The van der Waals surface area contributed by atoms with Gasteiger partial charge in [0, 0.05) is 17.3 Å². The van der Waals surface area contributed by atoms with Crippen molar-refractivity contribution in [2.45, 2.75) is 6.42 Å². The van der Waals surface area contributed by atoms with Crippen LogP contribution in [0.3, 0.4) is 0 Å². The van der Waals surface area contributed by atoms with Gasteiger partial charge in [0.15, 0.2) is 6.61 Å². The average Bonchev–Trinajstić information content (AvgIpc) is 2.63. The number of esters is 1. The number of amides is 1. The van der Waals surface area contributed by atoms with Gasteiger partial charge in [-0.3, -0.25) is 4.79 Å². The lowest BCUT2D eigenvalue weighted by molar-refractivity contribution is -0.121. The lowest BCUT2D eigenvalue weighted by atomic mass is 10.2. The molecule has 0 bridgehead atoms.